The summed E-state index contributed by atoms with van der Waals surface area (Å²) in [5.74, 6) is 1.84. The van der Waals surface area contributed by atoms with Crippen LogP contribution < -0.4 is 10.6 Å². The van der Waals surface area contributed by atoms with Gasteiger partial charge in [-0.1, -0.05) is 0 Å². The van der Waals surface area contributed by atoms with Crippen LogP contribution in [0.3, 0.4) is 0 Å². The van der Waals surface area contributed by atoms with Gasteiger partial charge in [-0.05, 0) is 18.9 Å². The summed E-state index contributed by atoms with van der Waals surface area (Å²) in [5, 5.41) is 6.40. The molecule has 1 aliphatic heterocycles. The van der Waals surface area contributed by atoms with Gasteiger partial charge in [0.1, 0.15) is 5.82 Å². The lowest BCUT2D eigenvalue weighted by atomic mass is 9.96. The minimum absolute atomic E-state index is 0.237. The zero-order chi connectivity index (χ0) is 12.4. The van der Waals surface area contributed by atoms with Crippen LogP contribution in [0.1, 0.15) is 24.6 Å². The normalized spacial score (nSPS) is 17.0. The van der Waals surface area contributed by atoms with E-state index < -0.39 is 0 Å². The van der Waals surface area contributed by atoms with Gasteiger partial charge in [0.25, 0.3) is 0 Å². The number of aromatic nitrogens is 5. The molecule has 2 aromatic heterocycles. The predicted molar refractivity (Wildman–Crippen MR) is 65.4 cm³/mol. The van der Waals surface area contributed by atoms with Crippen LogP contribution in [0.15, 0.2) is 23.3 Å². The van der Waals surface area contributed by atoms with Gasteiger partial charge in [0.05, 0.1) is 0 Å². The van der Waals surface area contributed by atoms with Gasteiger partial charge in [-0.25, -0.2) is 19.9 Å². The molecule has 0 aromatic carbocycles. The van der Waals surface area contributed by atoms with E-state index in [4.69, 9.17) is 0 Å². The Kier molecular flexibility index (Phi) is 2.79. The average molecular weight is 246 g/mol. The van der Waals surface area contributed by atoms with E-state index in [2.05, 4.69) is 30.0 Å². The van der Waals surface area contributed by atoms with Crippen LogP contribution >= 0.6 is 0 Å². The summed E-state index contributed by atoms with van der Waals surface area (Å²) in [6, 6.07) is 1.81. The van der Waals surface area contributed by atoms with Crippen molar-refractivity contribution in [2.75, 3.05) is 18.0 Å². The van der Waals surface area contributed by atoms with Gasteiger partial charge < -0.3 is 4.90 Å². The maximum absolute atomic E-state index is 11.0. The van der Waals surface area contributed by atoms with Gasteiger partial charge in [0, 0.05) is 31.4 Å². The third kappa shape index (κ3) is 2.11. The van der Waals surface area contributed by atoms with E-state index in [1.54, 1.807) is 12.4 Å². The number of nitrogens with one attached hydrogen (secondary N) is 2. The number of nitrogens with zero attached hydrogens (tertiary/aromatic N) is 4. The number of aromatic amines is 2. The number of anilines is 1. The maximum atomic E-state index is 11.0. The molecule has 0 saturated carbocycles. The molecule has 0 spiro atoms. The molecule has 0 bridgehead atoms. The second-order valence-corrected chi connectivity index (χ2v) is 4.37. The van der Waals surface area contributed by atoms with Crippen LogP contribution in [0.4, 0.5) is 5.95 Å². The first kappa shape index (κ1) is 10.9. The fraction of sp³-hybridized carbons (Fsp3) is 0.455. The molecule has 0 unspecified atom stereocenters. The van der Waals surface area contributed by atoms with Crippen LogP contribution in [0.5, 0.6) is 0 Å². The molecule has 7 heteroatoms. The van der Waals surface area contributed by atoms with Crippen molar-refractivity contribution in [2.45, 2.75) is 18.8 Å². The third-order valence-electron chi connectivity index (χ3n) is 3.24. The predicted octanol–water partition coefficient (Wildman–Crippen LogP) is 0.272. The Hall–Kier alpha value is -2.18. The Bertz CT molecular complexity index is 554. The molecule has 18 heavy (non-hydrogen) atoms. The van der Waals surface area contributed by atoms with Gasteiger partial charge in [0.2, 0.25) is 5.95 Å². The molecule has 1 saturated heterocycles. The van der Waals surface area contributed by atoms with Gasteiger partial charge >= 0.3 is 5.69 Å². The largest absolute Gasteiger partial charge is 0.341 e. The number of hydrogen-bond donors (Lipinski definition) is 2. The molecule has 1 aliphatic rings. The quantitative estimate of drug-likeness (QED) is 0.793. The number of hydrogen-bond acceptors (Lipinski definition) is 5. The monoisotopic (exact) mass is 246 g/mol. The molecule has 0 amide bonds. The number of rotatable bonds is 2. The lowest BCUT2D eigenvalue weighted by molar-refractivity contribution is 0.481. The second-order valence-electron chi connectivity index (χ2n) is 4.37. The minimum Gasteiger partial charge on any atom is -0.341 e. The van der Waals surface area contributed by atoms with Crippen LogP contribution in [-0.4, -0.2) is 38.2 Å². The molecule has 3 heterocycles. The molecule has 7 nitrogen and oxygen atoms in total. The Morgan fingerprint density at radius 2 is 1.94 bits per heavy atom. The van der Waals surface area contributed by atoms with Crippen molar-refractivity contribution in [3.8, 4) is 0 Å². The topological polar surface area (TPSA) is 90.6 Å². The minimum atomic E-state index is -0.237. The number of H-pyrrole nitrogens is 2. The average Bonchev–Trinajstić information content (AvgIpc) is 2.87. The van der Waals surface area contributed by atoms with Crippen molar-refractivity contribution < 1.29 is 0 Å². The highest BCUT2D eigenvalue weighted by Crippen LogP contribution is 2.26. The smallest absolute Gasteiger partial charge is 0.340 e. The molecule has 0 aliphatic carbocycles. The standard InChI is InChI=1S/C11H14N6O/c18-11-14-9(15-16-11)8-2-6-17(7-3-8)10-12-4-1-5-13-10/h1,4-5,8H,2-3,6-7H2,(H2,14,15,16,18). The van der Waals surface area contributed by atoms with E-state index in [9.17, 15) is 4.79 Å². The molecule has 0 radical (unpaired) electrons. The summed E-state index contributed by atoms with van der Waals surface area (Å²) in [4.78, 5) is 24.4. The molecule has 1 fully saturated rings. The fourth-order valence-electron chi connectivity index (χ4n) is 2.28. The fourth-order valence-corrected chi connectivity index (χ4v) is 2.28. The molecular weight excluding hydrogens is 232 g/mol. The summed E-state index contributed by atoms with van der Waals surface area (Å²) >= 11 is 0. The maximum Gasteiger partial charge on any atom is 0.340 e. The summed E-state index contributed by atoms with van der Waals surface area (Å²) in [7, 11) is 0. The van der Waals surface area contributed by atoms with E-state index in [-0.39, 0.29) is 5.69 Å². The first-order valence-corrected chi connectivity index (χ1v) is 5.99. The highest BCUT2D eigenvalue weighted by molar-refractivity contribution is 5.29. The summed E-state index contributed by atoms with van der Waals surface area (Å²) in [5.41, 5.74) is -0.237. The van der Waals surface area contributed by atoms with Gasteiger partial charge in [0.15, 0.2) is 0 Å². The lowest BCUT2D eigenvalue weighted by Crippen LogP contribution is -2.34. The van der Waals surface area contributed by atoms with E-state index >= 15 is 0 Å². The highest BCUT2D eigenvalue weighted by Gasteiger charge is 2.23. The van der Waals surface area contributed by atoms with Gasteiger partial charge in [-0.2, -0.15) is 5.10 Å². The van der Waals surface area contributed by atoms with Crippen molar-refractivity contribution in [1.29, 1.82) is 0 Å². The molecule has 2 aromatic rings. The molecule has 0 atom stereocenters. The first-order valence-electron chi connectivity index (χ1n) is 5.99. The Labute approximate surface area is 103 Å². The zero-order valence-electron chi connectivity index (χ0n) is 9.83. The lowest BCUT2D eigenvalue weighted by Gasteiger charge is -2.30. The van der Waals surface area contributed by atoms with Gasteiger partial charge in [-0.3, -0.25) is 4.98 Å². The van der Waals surface area contributed by atoms with Crippen molar-refractivity contribution in [3.05, 3.63) is 34.8 Å². The van der Waals surface area contributed by atoms with Crippen molar-refractivity contribution >= 4 is 5.95 Å². The van der Waals surface area contributed by atoms with E-state index in [1.165, 1.54) is 0 Å². The second kappa shape index (κ2) is 4.59. The van der Waals surface area contributed by atoms with Crippen molar-refractivity contribution in [2.24, 2.45) is 0 Å². The Morgan fingerprint density at radius 1 is 1.22 bits per heavy atom. The van der Waals surface area contributed by atoms with Crippen molar-refractivity contribution in [3.63, 3.8) is 0 Å². The van der Waals surface area contributed by atoms with E-state index in [1.807, 2.05) is 6.07 Å². The van der Waals surface area contributed by atoms with Gasteiger partial charge in [-0.15, -0.1) is 0 Å². The number of piperidine rings is 1. The van der Waals surface area contributed by atoms with Crippen LogP contribution in [0.2, 0.25) is 0 Å². The van der Waals surface area contributed by atoms with Crippen LogP contribution in [0.25, 0.3) is 0 Å². The molecule has 2 N–H and O–H groups in total. The van der Waals surface area contributed by atoms with E-state index in [0.717, 1.165) is 37.7 Å². The molecular formula is C11H14N6O. The summed E-state index contributed by atoms with van der Waals surface area (Å²) in [6.45, 7) is 1.76. The first-order chi connectivity index (χ1) is 8.83. The highest BCUT2D eigenvalue weighted by atomic mass is 16.1. The van der Waals surface area contributed by atoms with Crippen LogP contribution in [-0.2, 0) is 0 Å². The van der Waals surface area contributed by atoms with Crippen LogP contribution in [0, 0.1) is 0 Å². The molecule has 94 valence electrons. The third-order valence-corrected chi connectivity index (χ3v) is 3.24. The Balaban J connectivity index is 1.66. The summed E-state index contributed by atoms with van der Waals surface area (Å²) < 4.78 is 0. The summed E-state index contributed by atoms with van der Waals surface area (Å²) in [6.07, 6.45) is 5.39. The van der Waals surface area contributed by atoms with Crippen molar-refractivity contribution in [1.82, 2.24) is 25.1 Å². The van der Waals surface area contributed by atoms with E-state index in [0.29, 0.717) is 5.92 Å². The SMILES string of the molecule is O=c1[nH]nc(C2CCN(c3ncccn3)CC2)[nH]1. The zero-order valence-corrected chi connectivity index (χ0v) is 9.83. The molecule has 3 rings (SSSR count). The Morgan fingerprint density at radius 3 is 2.56 bits per heavy atom.